The Morgan fingerprint density at radius 3 is 2.04 bits per heavy atom. The first-order chi connectivity index (χ1) is 13.3. The van der Waals surface area contributed by atoms with Gasteiger partial charge in [0.25, 0.3) is 10.0 Å². The van der Waals surface area contributed by atoms with E-state index in [2.05, 4.69) is 25.3 Å². The van der Waals surface area contributed by atoms with Gasteiger partial charge < -0.3 is 4.90 Å². The lowest BCUT2D eigenvalue weighted by Gasteiger charge is -2.32. The Balaban J connectivity index is 2.47. The van der Waals surface area contributed by atoms with Crippen molar-refractivity contribution in [1.29, 1.82) is 0 Å². The highest BCUT2D eigenvalue weighted by molar-refractivity contribution is 7.92. The second-order valence-corrected chi connectivity index (χ2v) is 9.00. The molecule has 0 unspecified atom stereocenters. The van der Waals surface area contributed by atoms with Gasteiger partial charge in [-0.2, -0.15) is 0 Å². The van der Waals surface area contributed by atoms with Gasteiger partial charge in [-0.15, -0.1) is 0 Å². The quantitative estimate of drug-likeness (QED) is 0.555. The average Bonchev–Trinajstić information content (AvgIpc) is 2.66. The number of sulfonamides is 1. The summed E-state index contributed by atoms with van der Waals surface area (Å²) in [7, 11) is -3.71. The van der Waals surface area contributed by atoms with Gasteiger partial charge in [0, 0.05) is 18.8 Å². The summed E-state index contributed by atoms with van der Waals surface area (Å²) in [6, 6.07) is 14.7. The first kappa shape index (κ1) is 22.0. The predicted molar refractivity (Wildman–Crippen MR) is 118 cm³/mol. The number of benzene rings is 2. The van der Waals surface area contributed by atoms with E-state index in [-0.39, 0.29) is 6.54 Å². The Bertz CT molecular complexity index is 883. The third-order valence-corrected chi connectivity index (χ3v) is 6.68. The Hall–Kier alpha value is -2.27. The lowest BCUT2D eigenvalue weighted by molar-refractivity contribution is 0.342. The number of hydrogen-bond acceptors (Lipinski definition) is 3. The van der Waals surface area contributed by atoms with Gasteiger partial charge in [0.2, 0.25) is 0 Å². The van der Waals surface area contributed by atoms with Crippen molar-refractivity contribution < 1.29 is 8.42 Å². The maximum atomic E-state index is 13.6. The van der Waals surface area contributed by atoms with E-state index in [9.17, 15) is 8.42 Å². The number of hydrogen-bond donors (Lipinski definition) is 0. The van der Waals surface area contributed by atoms with Crippen molar-refractivity contribution in [3.8, 4) is 0 Å². The fourth-order valence-electron chi connectivity index (χ4n) is 3.22. The topological polar surface area (TPSA) is 40.6 Å². The molecule has 0 fully saturated rings. The lowest BCUT2D eigenvalue weighted by atomic mass is 10.2. The zero-order valence-electron chi connectivity index (χ0n) is 17.5. The molecule has 0 heterocycles. The second-order valence-electron chi connectivity index (χ2n) is 7.17. The van der Waals surface area contributed by atoms with Crippen molar-refractivity contribution in [3.63, 3.8) is 0 Å². The summed E-state index contributed by atoms with van der Waals surface area (Å²) in [6.45, 7) is 14.3. The molecule has 0 saturated carbocycles. The first-order valence-corrected chi connectivity index (χ1v) is 11.3. The van der Waals surface area contributed by atoms with Gasteiger partial charge in [-0.1, -0.05) is 56.3 Å². The Morgan fingerprint density at radius 1 is 0.929 bits per heavy atom. The minimum absolute atomic E-state index is 0.236. The molecule has 152 valence electrons. The molecule has 2 aromatic rings. The van der Waals surface area contributed by atoms with Crippen molar-refractivity contribution in [1.82, 2.24) is 4.90 Å². The monoisotopic (exact) mass is 400 g/mol. The summed E-state index contributed by atoms with van der Waals surface area (Å²) in [5.74, 6) is 0. The van der Waals surface area contributed by atoms with Gasteiger partial charge >= 0.3 is 0 Å². The van der Waals surface area contributed by atoms with Gasteiger partial charge in [-0.3, -0.25) is 4.31 Å². The van der Waals surface area contributed by atoms with Crippen LogP contribution in [0.2, 0.25) is 0 Å². The van der Waals surface area contributed by atoms with E-state index in [1.54, 1.807) is 12.1 Å². The van der Waals surface area contributed by atoms with Crippen LogP contribution >= 0.6 is 0 Å². The van der Waals surface area contributed by atoms with Crippen LogP contribution in [0.3, 0.4) is 0 Å². The first-order valence-electron chi connectivity index (χ1n) is 9.89. The van der Waals surface area contributed by atoms with E-state index < -0.39 is 10.0 Å². The van der Waals surface area contributed by atoms with Gasteiger partial charge in [-0.25, -0.2) is 8.42 Å². The van der Waals surface area contributed by atoms with Crippen LogP contribution in [0.1, 0.15) is 37.8 Å². The van der Waals surface area contributed by atoms with Crippen molar-refractivity contribution in [2.24, 2.45) is 0 Å². The van der Waals surface area contributed by atoms with Crippen LogP contribution in [0.5, 0.6) is 0 Å². The summed E-state index contributed by atoms with van der Waals surface area (Å²) in [5, 5.41) is 0. The molecule has 0 aliphatic carbocycles. The summed E-state index contributed by atoms with van der Waals surface area (Å²) in [6.07, 6.45) is 1.99. The minimum atomic E-state index is -3.71. The fourth-order valence-corrected chi connectivity index (χ4v) is 4.91. The molecule has 0 aromatic heterocycles. The molecule has 0 spiro atoms. The van der Waals surface area contributed by atoms with E-state index in [0.717, 1.165) is 42.8 Å². The highest BCUT2D eigenvalue weighted by Crippen LogP contribution is 2.27. The zero-order chi connectivity index (χ0) is 20.7. The molecule has 4 nitrogen and oxygen atoms in total. The minimum Gasteiger partial charge on any atom is -0.374 e. The summed E-state index contributed by atoms with van der Waals surface area (Å²) < 4.78 is 28.6. The van der Waals surface area contributed by atoms with Crippen LogP contribution < -0.4 is 4.31 Å². The number of nitrogens with zero attached hydrogens (tertiary/aromatic N) is 2. The smallest absolute Gasteiger partial charge is 0.264 e. The maximum Gasteiger partial charge on any atom is 0.264 e. The van der Waals surface area contributed by atoms with Gasteiger partial charge in [-0.05, 0) is 50.5 Å². The third-order valence-electron chi connectivity index (χ3n) is 4.74. The largest absolute Gasteiger partial charge is 0.374 e. The molecule has 0 amide bonds. The molecular weight excluding hydrogens is 368 g/mol. The van der Waals surface area contributed by atoms with Crippen LogP contribution in [0, 0.1) is 13.8 Å². The number of anilines is 1. The number of rotatable bonds is 10. The maximum absolute atomic E-state index is 13.6. The lowest BCUT2D eigenvalue weighted by Crippen LogP contribution is -2.38. The van der Waals surface area contributed by atoms with Crippen LogP contribution in [-0.2, 0) is 10.0 Å². The molecule has 0 saturated heterocycles. The second kappa shape index (κ2) is 9.78. The Labute approximate surface area is 170 Å². The van der Waals surface area contributed by atoms with Crippen molar-refractivity contribution in [3.05, 3.63) is 71.9 Å². The molecule has 2 rings (SSSR count). The average molecular weight is 401 g/mol. The normalized spacial score (nSPS) is 11.3. The van der Waals surface area contributed by atoms with Gasteiger partial charge in [0.15, 0.2) is 0 Å². The molecule has 0 aliphatic heterocycles. The van der Waals surface area contributed by atoms with Crippen molar-refractivity contribution in [2.45, 2.75) is 45.4 Å². The van der Waals surface area contributed by atoms with Crippen LogP contribution in [0.15, 0.2) is 65.7 Å². The molecule has 0 atom stereocenters. The third kappa shape index (κ3) is 5.16. The predicted octanol–water partition coefficient (Wildman–Crippen LogP) is 5.13. The molecule has 0 bridgehead atoms. The van der Waals surface area contributed by atoms with Crippen molar-refractivity contribution >= 4 is 15.7 Å². The fraction of sp³-hybridized carbons (Fsp3) is 0.391. The molecule has 28 heavy (non-hydrogen) atoms. The van der Waals surface area contributed by atoms with E-state index in [4.69, 9.17) is 0 Å². The van der Waals surface area contributed by atoms with E-state index in [1.165, 1.54) is 4.31 Å². The molecular formula is C23H32N2O2S. The standard InChI is InChI=1S/C23H32N2O2S/c1-6-16-24(17-7-2)21(5)18-25(22-14-12-19(3)13-15-22)28(26,27)23-11-9-8-10-20(23)4/h8-15H,5-7,16-18H2,1-4H3. The molecule has 0 radical (unpaired) electrons. The Morgan fingerprint density at radius 2 is 1.50 bits per heavy atom. The van der Waals surface area contributed by atoms with E-state index in [0.29, 0.717) is 10.6 Å². The summed E-state index contributed by atoms with van der Waals surface area (Å²) in [5.41, 5.74) is 3.31. The van der Waals surface area contributed by atoms with Crippen LogP contribution in [0.4, 0.5) is 5.69 Å². The van der Waals surface area contributed by atoms with Gasteiger partial charge in [0.1, 0.15) is 0 Å². The number of aryl methyl sites for hydroxylation is 2. The molecule has 5 heteroatoms. The van der Waals surface area contributed by atoms with Crippen LogP contribution in [0.25, 0.3) is 0 Å². The van der Waals surface area contributed by atoms with E-state index >= 15 is 0 Å². The summed E-state index contributed by atoms with van der Waals surface area (Å²) >= 11 is 0. The molecule has 2 aromatic carbocycles. The summed E-state index contributed by atoms with van der Waals surface area (Å²) in [4.78, 5) is 2.52. The van der Waals surface area contributed by atoms with Gasteiger partial charge in [0.05, 0.1) is 17.1 Å². The van der Waals surface area contributed by atoms with E-state index in [1.807, 2.05) is 50.2 Å². The SMILES string of the molecule is C=C(CN(c1ccc(C)cc1)S(=O)(=O)c1ccccc1C)N(CCC)CCC. The van der Waals surface area contributed by atoms with Crippen LogP contribution in [-0.4, -0.2) is 33.0 Å². The zero-order valence-corrected chi connectivity index (χ0v) is 18.3. The highest BCUT2D eigenvalue weighted by Gasteiger charge is 2.27. The molecule has 0 aliphatic rings. The Kier molecular flexibility index (Phi) is 7.69. The van der Waals surface area contributed by atoms with Crippen molar-refractivity contribution in [2.75, 3.05) is 23.9 Å². The highest BCUT2D eigenvalue weighted by atomic mass is 32.2. The molecule has 0 N–H and O–H groups in total.